The predicted octanol–water partition coefficient (Wildman–Crippen LogP) is 3.15. The van der Waals surface area contributed by atoms with Crippen LogP contribution in [0.1, 0.15) is 23.6 Å². The monoisotopic (exact) mass is 412 g/mol. The molecule has 0 radical (unpaired) electrons. The van der Waals surface area contributed by atoms with Crippen LogP contribution in [0.3, 0.4) is 0 Å². The van der Waals surface area contributed by atoms with E-state index in [0.717, 1.165) is 22.6 Å². The number of hydrogen-bond donors (Lipinski definition) is 2. The number of sulfonamides is 1. The number of carbonyl (C=O) groups is 1. The molecule has 3 aromatic carbocycles. The van der Waals surface area contributed by atoms with E-state index in [1.807, 2.05) is 42.5 Å². The van der Waals surface area contributed by atoms with Crippen molar-refractivity contribution in [1.82, 2.24) is 10.0 Å². The number of amides is 1. The molecular weight excluding hydrogens is 388 g/mol. The van der Waals surface area contributed by atoms with E-state index >= 15 is 0 Å². The molecule has 3 aromatic rings. The van der Waals surface area contributed by atoms with Gasteiger partial charge in [0.25, 0.3) is 0 Å². The Balaban J connectivity index is 1.72. The molecule has 152 valence electrons. The summed E-state index contributed by atoms with van der Waals surface area (Å²) in [7, 11) is -1.93. The van der Waals surface area contributed by atoms with E-state index < -0.39 is 16.1 Å². The summed E-state index contributed by atoms with van der Waals surface area (Å²) in [5, 5.41) is 5.09. The van der Waals surface area contributed by atoms with Crippen LogP contribution in [0, 0.1) is 0 Å². The number of hydrogen-bond acceptors (Lipinski definition) is 4. The lowest BCUT2D eigenvalue weighted by molar-refractivity contribution is -0.121. The summed E-state index contributed by atoms with van der Waals surface area (Å²) >= 11 is 0. The van der Waals surface area contributed by atoms with Crippen LogP contribution in [0.4, 0.5) is 0 Å². The standard InChI is InChI=1S/C22H24N2O4S/c1-28-19-12-10-17(11-13-19)21(24-29(2,26)27)14-22(25)23-15-18-8-5-7-16-6-3-4-9-20(16)18/h3-13,21,24H,14-15H2,1-2H3,(H,23,25)/t21-/m0/s1. The van der Waals surface area contributed by atoms with Crippen LogP contribution >= 0.6 is 0 Å². The molecule has 2 N–H and O–H groups in total. The maximum absolute atomic E-state index is 12.6. The van der Waals surface area contributed by atoms with E-state index in [1.54, 1.807) is 31.4 Å². The van der Waals surface area contributed by atoms with Crippen molar-refractivity contribution in [3.05, 3.63) is 77.9 Å². The Morgan fingerprint density at radius 3 is 2.38 bits per heavy atom. The third-order valence-corrected chi connectivity index (χ3v) is 5.33. The van der Waals surface area contributed by atoms with Crippen molar-refractivity contribution in [2.24, 2.45) is 0 Å². The number of nitrogens with one attached hydrogen (secondary N) is 2. The minimum absolute atomic E-state index is 0.00976. The smallest absolute Gasteiger partial charge is 0.222 e. The van der Waals surface area contributed by atoms with Gasteiger partial charge in [0.1, 0.15) is 5.75 Å². The molecule has 0 spiro atoms. The number of fused-ring (bicyclic) bond motifs is 1. The summed E-state index contributed by atoms with van der Waals surface area (Å²) in [4.78, 5) is 12.6. The summed E-state index contributed by atoms with van der Waals surface area (Å²) in [6.45, 7) is 0.369. The first kappa shape index (κ1) is 20.8. The van der Waals surface area contributed by atoms with Gasteiger partial charge in [-0.1, -0.05) is 54.6 Å². The normalized spacial score (nSPS) is 12.5. The zero-order chi connectivity index (χ0) is 20.9. The summed E-state index contributed by atoms with van der Waals surface area (Å²) in [5.41, 5.74) is 1.70. The van der Waals surface area contributed by atoms with E-state index in [4.69, 9.17) is 4.74 Å². The van der Waals surface area contributed by atoms with E-state index in [0.29, 0.717) is 17.9 Å². The Morgan fingerprint density at radius 2 is 1.69 bits per heavy atom. The average molecular weight is 413 g/mol. The molecule has 0 heterocycles. The molecule has 29 heavy (non-hydrogen) atoms. The summed E-state index contributed by atoms with van der Waals surface area (Å²) in [5.74, 6) is 0.419. The van der Waals surface area contributed by atoms with Gasteiger partial charge in [-0.3, -0.25) is 4.79 Å². The van der Waals surface area contributed by atoms with Crippen LogP contribution < -0.4 is 14.8 Å². The number of methoxy groups -OCH3 is 1. The van der Waals surface area contributed by atoms with Crippen molar-refractivity contribution >= 4 is 26.7 Å². The van der Waals surface area contributed by atoms with Crippen LogP contribution in [0.15, 0.2) is 66.7 Å². The molecule has 6 nitrogen and oxygen atoms in total. The molecule has 3 rings (SSSR count). The minimum Gasteiger partial charge on any atom is -0.497 e. The van der Waals surface area contributed by atoms with Crippen molar-refractivity contribution in [2.75, 3.05) is 13.4 Å². The molecule has 0 unspecified atom stereocenters. The SMILES string of the molecule is COc1ccc([C@H](CC(=O)NCc2cccc3ccccc23)NS(C)(=O)=O)cc1. The molecule has 1 atom stereocenters. The first-order valence-electron chi connectivity index (χ1n) is 9.20. The third-order valence-electron chi connectivity index (χ3n) is 4.62. The van der Waals surface area contributed by atoms with Gasteiger partial charge < -0.3 is 10.1 Å². The molecule has 0 aliphatic heterocycles. The minimum atomic E-state index is -3.49. The lowest BCUT2D eigenvalue weighted by atomic mass is 10.0. The number of ether oxygens (including phenoxy) is 1. The lowest BCUT2D eigenvalue weighted by Crippen LogP contribution is -2.33. The second-order valence-corrected chi connectivity index (χ2v) is 8.61. The molecule has 0 saturated carbocycles. The summed E-state index contributed by atoms with van der Waals surface area (Å²) < 4.78 is 31.2. The van der Waals surface area contributed by atoms with Gasteiger partial charge in [-0.05, 0) is 34.0 Å². The van der Waals surface area contributed by atoms with Crippen LogP contribution in [0.2, 0.25) is 0 Å². The van der Waals surface area contributed by atoms with Gasteiger partial charge in [0.15, 0.2) is 0 Å². The van der Waals surface area contributed by atoms with Crippen LogP contribution in [-0.2, 0) is 21.4 Å². The van der Waals surface area contributed by atoms with Gasteiger partial charge in [-0.2, -0.15) is 0 Å². The maximum atomic E-state index is 12.6. The lowest BCUT2D eigenvalue weighted by Gasteiger charge is -2.18. The summed E-state index contributed by atoms with van der Waals surface area (Å²) in [6.07, 6.45) is 1.07. The highest BCUT2D eigenvalue weighted by atomic mass is 32.2. The zero-order valence-corrected chi connectivity index (χ0v) is 17.2. The molecule has 0 aliphatic carbocycles. The fraction of sp³-hybridized carbons (Fsp3) is 0.227. The zero-order valence-electron chi connectivity index (χ0n) is 16.4. The highest BCUT2D eigenvalue weighted by Crippen LogP contribution is 2.22. The quantitative estimate of drug-likeness (QED) is 0.595. The van der Waals surface area contributed by atoms with Gasteiger partial charge in [0.2, 0.25) is 15.9 Å². The van der Waals surface area contributed by atoms with Gasteiger partial charge in [0.05, 0.1) is 19.4 Å². The van der Waals surface area contributed by atoms with Crippen molar-refractivity contribution in [3.63, 3.8) is 0 Å². The molecule has 7 heteroatoms. The maximum Gasteiger partial charge on any atom is 0.222 e. The Bertz CT molecular complexity index is 1090. The Labute approximate surface area is 170 Å². The van der Waals surface area contributed by atoms with Crippen LogP contribution in [0.25, 0.3) is 10.8 Å². The largest absolute Gasteiger partial charge is 0.497 e. The highest BCUT2D eigenvalue weighted by molar-refractivity contribution is 7.88. The molecule has 0 aromatic heterocycles. The van der Waals surface area contributed by atoms with Gasteiger partial charge in [-0.15, -0.1) is 0 Å². The molecule has 0 saturated heterocycles. The fourth-order valence-electron chi connectivity index (χ4n) is 3.22. The van der Waals surface area contributed by atoms with E-state index in [1.165, 1.54) is 0 Å². The average Bonchev–Trinajstić information content (AvgIpc) is 2.71. The third kappa shape index (κ3) is 5.79. The second kappa shape index (κ2) is 9.07. The second-order valence-electron chi connectivity index (χ2n) is 6.83. The van der Waals surface area contributed by atoms with Crippen molar-refractivity contribution in [3.8, 4) is 5.75 Å². The molecule has 1 amide bonds. The predicted molar refractivity (Wildman–Crippen MR) is 114 cm³/mol. The number of benzene rings is 3. The van der Waals surface area contributed by atoms with Gasteiger partial charge in [-0.25, -0.2) is 13.1 Å². The van der Waals surface area contributed by atoms with Crippen molar-refractivity contribution in [1.29, 1.82) is 0 Å². The Hall–Kier alpha value is -2.90. The molecule has 0 aliphatic rings. The van der Waals surface area contributed by atoms with Gasteiger partial charge >= 0.3 is 0 Å². The van der Waals surface area contributed by atoms with Gasteiger partial charge in [0, 0.05) is 13.0 Å². The molecule has 0 fully saturated rings. The Kier molecular flexibility index (Phi) is 6.51. The van der Waals surface area contributed by atoms with Crippen LogP contribution in [0.5, 0.6) is 5.75 Å². The molecular formula is C22H24N2O4S. The highest BCUT2D eigenvalue weighted by Gasteiger charge is 2.20. The number of rotatable bonds is 8. The topological polar surface area (TPSA) is 84.5 Å². The number of carbonyl (C=O) groups excluding carboxylic acids is 1. The molecule has 0 bridgehead atoms. The first-order chi connectivity index (χ1) is 13.9. The van der Waals surface area contributed by atoms with Crippen molar-refractivity contribution in [2.45, 2.75) is 19.0 Å². The summed E-state index contributed by atoms with van der Waals surface area (Å²) in [6, 6.07) is 20.2. The van der Waals surface area contributed by atoms with E-state index in [2.05, 4.69) is 10.0 Å². The van der Waals surface area contributed by atoms with E-state index in [-0.39, 0.29) is 12.3 Å². The van der Waals surface area contributed by atoms with E-state index in [9.17, 15) is 13.2 Å². The Morgan fingerprint density at radius 1 is 1.00 bits per heavy atom. The van der Waals surface area contributed by atoms with Crippen molar-refractivity contribution < 1.29 is 17.9 Å². The first-order valence-corrected chi connectivity index (χ1v) is 11.1. The fourth-order valence-corrected chi connectivity index (χ4v) is 3.96. The van der Waals surface area contributed by atoms with Crippen LogP contribution in [-0.4, -0.2) is 27.7 Å².